The van der Waals surface area contributed by atoms with E-state index in [9.17, 15) is 20.4 Å². The molecule has 1 fully saturated rings. The van der Waals surface area contributed by atoms with Crippen LogP contribution in [0.4, 0.5) is 0 Å². The van der Waals surface area contributed by atoms with Crippen LogP contribution in [0.15, 0.2) is 18.2 Å². The Kier molecular flexibility index (Phi) is 7.21. The number of methoxy groups -OCH3 is 2. The van der Waals surface area contributed by atoms with Gasteiger partial charge in [0.1, 0.15) is 24.4 Å². The summed E-state index contributed by atoms with van der Waals surface area (Å²) in [6.07, 6.45) is -3.88. The molecule has 146 valence electrons. The van der Waals surface area contributed by atoms with Crippen molar-refractivity contribution < 1.29 is 44.5 Å². The number of rotatable bonds is 7. The molecule has 0 amide bonds. The average Bonchev–Trinajstić information content (AvgIpc) is 2.66. The molecule has 0 unspecified atom stereocenters. The van der Waals surface area contributed by atoms with Gasteiger partial charge in [-0.2, -0.15) is 0 Å². The Balaban J connectivity index is 2.33. The number of aliphatic hydroxyl groups excluding tert-OH is 5. The van der Waals surface area contributed by atoms with Crippen LogP contribution in [0.3, 0.4) is 0 Å². The van der Waals surface area contributed by atoms with E-state index in [0.717, 1.165) is 0 Å². The van der Waals surface area contributed by atoms with Gasteiger partial charge in [0.25, 0.3) is 0 Å². The first kappa shape index (κ1) is 20.4. The second kappa shape index (κ2) is 9.17. The van der Waals surface area contributed by atoms with Crippen LogP contribution in [0.2, 0.25) is 0 Å². The van der Waals surface area contributed by atoms with E-state index in [-0.39, 0.29) is 23.9 Å². The fourth-order valence-corrected chi connectivity index (χ4v) is 2.58. The topological polar surface area (TPSA) is 138 Å². The van der Waals surface area contributed by atoms with Gasteiger partial charge in [-0.1, -0.05) is 12.2 Å². The Morgan fingerprint density at radius 3 is 2.12 bits per heavy atom. The number of benzene rings is 1. The van der Waals surface area contributed by atoms with Crippen molar-refractivity contribution in [2.45, 2.75) is 30.7 Å². The summed E-state index contributed by atoms with van der Waals surface area (Å²) in [6.45, 7) is -0.697. The molecule has 9 nitrogen and oxygen atoms in total. The minimum Gasteiger partial charge on any atom is -0.493 e. The van der Waals surface area contributed by atoms with Crippen molar-refractivity contribution in [2.24, 2.45) is 0 Å². The molecular weight excluding hydrogens is 349 g/mol. The highest BCUT2D eigenvalue weighted by Crippen LogP contribution is 2.40. The molecule has 5 N–H and O–H groups in total. The van der Waals surface area contributed by atoms with E-state index in [4.69, 9.17) is 24.1 Å². The lowest BCUT2D eigenvalue weighted by atomic mass is 9.99. The van der Waals surface area contributed by atoms with Gasteiger partial charge in [0, 0.05) is 0 Å². The summed E-state index contributed by atoms with van der Waals surface area (Å²) in [5, 5.41) is 48.0. The number of aliphatic hydroxyl groups is 5. The number of ether oxygens (including phenoxy) is 4. The van der Waals surface area contributed by atoms with Crippen LogP contribution in [-0.4, -0.2) is 83.7 Å². The average molecular weight is 373 g/mol. The largest absolute Gasteiger partial charge is 0.493 e. The molecule has 0 spiro atoms. The lowest BCUT2D eigenvalue weighted by Gasteiger charge is -2.39. The van der Waals surface area contributed by atoms with Crippen molar-refractivity contribution >= 4 is 6.08 Å². The molecule has 1 aliphatic rings. The lowest BCUT2D eigenvalue weighted by Crippen LogP contribution is -2.60. The van der Waals surface area contributed by atoms with Crippen molar-refractivity contribution in [2.75, 3.05) is 27.4 Å². The molecular formula is C17H24O9. The molecule has 0 radical (unpaired) electrons. The summed E-state index contributed by atoms with van der Waals surface area (Å²) in [5.41, 5.74) is 0.675. The molecule has 0 aromatic heterocycles. The maximum absolute atomic E-state index is 10.1. The molecule has 1 saturated heterocycles. The zero-order chi connectivity index (χ0) is 19.3. The maximum Gasteiger partial charge on any atom is 0.229 e. The molecule has 0 saturated carbocycles. The third-order valence-electron chi connectivity index (χ3n) is 3.98. The van der Waals surface area contributed by atoms with Gasteiger partial charge < -0.3 is 44.5 Å². The first-order valence-corrected chi connectivity index (χ1v) is 7.97. The van der Waals surface area contributed by atoms with Crippen LogP contribution >= 0.6 is 0 Å². The van der Waals surface area contributed by atoms with Gasteiger partial charge in [0.2, 0.25) is 12.0 Å². The van der Waals surface area contributed by atoms with E-state index in [0.29, 0.717) is 5.56 Å². The quantitative estimate of drug-likeness (QED) is 0.377. The van der Waals surface area contributed by atoms with Gasteiger partial charge in [-0.3, -0.25) is 0 Å². The zero-order valence-corrected chi connectivity index (χ0v) is 14.5. The van der Waals surface area contributed by atoms with Crippen molar-refractivity contribution in [3.05, 3.63) is 23.8 Å². The smallest absolute Gasteiger partial charge is 0.229 e. The van der Waals surface area contributed by atoms with Crippen LogP contribution in [0, 0.1) is 0 Å². The highest BCUT2D eigenvalue weighted by molar-refractivity contribution is 5.62. The Hall–Kier alpha value is -1.88. The summed E-state index contributed by atoms with van der Waals surface area (Å²) >= 11 is 0. The summed E-state index contributed by atoms with van der Waals surface area (Å²) in [5.74, 6) is 0.637. The van der Waals surface area contributed by atoms with Gasteiger partial charge in [0.05, 0.1) is 27.4 Å². The molecule has 1 heterocycles. The van der Waals surface area contributed by atoms with Crippen molar-refractivity contribution in [3.8, 4) is 17.2 Å². The van der Waals surface area contributed by atoms with Crippen LogP contribution in [-0.2, 0) is 4.74 Å². The summed E-state index contributed by atoms with van der Waals surface area (Å²) in [6, 6.07) is 3.24. The molecule has 0 aliphatic carbocycles. The second-order valence-electron chi connectivity index (χ2n) is 5.65. The SMILES string of the molecule is COc1cc(/[13CH]=C/CO)cc(OC)c1O[C@@H]1O[C@H](CO)[C@@H](O)[C@H](O)[C@H]1O. The third-order valence-corrected chi connectivity index (χ3v) is 3.98. The minimum atomic E-state index is -1.56. The van der Waals surface area contributed by atoms with E-state index in [1.165, 1.54) is 20.3 Å². The van der Waals surface area contributed by atoms with Gasteiger partial charge >= 0.3 is 0 Å². The van der Waals surface area contributed by atoms with Crippen LogP contribution < -0.4 is 14.2 Å². The summed E-state index contributed by atoms with van der Waals surface area (Å²) in [7, 11) is 2.82. The van der Waals surface area contributed by atoms with Crippen LogP contribution in [0.1, 0.15) is 5.56 Å². The van der Waals surface area contributed by atoms with Crippen LogP contribution in [0.25, 0.3) is 6.08 Å². The number of hydrogen-bond acceptors (Lipinski definition) is 9. The standard InChI is InChI=1S/C17H24O9/c1-23-10-6-9(4-3-5-18)7-11(24-2)16(10)26-17-15(22)14(21)13(20)12(8-19)25-17/h3-4,6-7,12-15,17-22H,5,8H2,1-2H3/b4-3+/t12-,13-,14+,15-,17+/m1/s1/i4+1. The van der Waals surface area contributed by atoms with Crippen molar-refractivity contribution in [3.63, 3.8) is 0 Å². The van der Waals surface area contributed by atoms with E-state index in [1.54, 1.807) is 18.2 Å². The third kappa shape index (κ3) is 4.26. The second-order valence-corrected chi connectivity index (χ2v) is 5.65. The molecule has 1 aromatic carbocycles. The van der Waals surface area contributed by atoms with E-state index >= 15 is 0 Å². The van der Waals surface area contributed by atoms with E-state index < -0.39 is 37.3 Å². The first-order chi connectivity index (χ1) is 12.5. The van der Waals surface area contributed by atoms with Gasteiger partial charge in [-0.25, -0.2) is 0 Å². The van der Waals surface area contributed by atoms with Crippen molar-refractivity contribution in [1.29, 1.82) is 0 Å². The zero-order valence-electron chi connectivity index (χ0n) is 14.5. The van der Waals surface area contributed by atoms with Gasteiger partial charge in [-0.15, -0.1) is 0 Å². The molecule has 2 rings (SSSR count). The predicted octanol–water partition coefficient (Wildman–Crippen LogP) is -1.11. The molecule has 5 atom stereocenters. The van der Waals surface area contributed by atoms with E-state index in [1.807, 2.05) is 0 Å². The molecule has 9 heteroatoms. The van der Waals surface area contributed by atoms with E-state index in [2.05, 4.69) is 0 Å². The Morgan fingerprint density at radius 2 is 1.62 bits per heavy atom. The Bertz CT molecular complexity index is 591. The fraction of sp³-hybridized carbons (Fsp3) is 0.529. The molecule has 1 aliphatic heterocycles. The highest BCUT2D eigenvalue weighted by atomic mass is 16.7. The maximum atomic E-state index is 10.1. The molecule has 1 aromatic rings. The highest BCUT2D eigenvalue weighted by Gasteiger charge is 2.45. The monoisotopic (exact) mass is 373 g/mol. The Labute approximate surface area is 150 Å². The van der Waals surface area contributed by atoms with Gasteiger partial charge in [0.15, 0.2) is 11.5 Å². The summed E-state index contributed by atoms with van der Waals surface area (Å²) < 4.78 is 21.6. The number of hydrogen-bond donors (Lipinski definition) is 5. The minimum absolute atomic E-state index is 0.112. The summed E-state index contributed by atoms with van der Waals surface area (Å²) in [4.78, 5) is 0. The van der Waals surface area contributed by atoms with Gasteiger partial charge in [-0.05, 0) is 17.7 Å². The molecule has 26 heavy (non-hydrogen) atoms. The Morgan fingerprint density at radius 1 is 1.00 bits per heavy atom. The first-order valence-electron chi connectivity index (χ1n) is 7.97. The fourth-order valence-electron chi connectivity index (χ4n) is 2.58. The molecule has 0 bridgehead atoms. The predicted molar refractivity (Wildman–Crippen MR) is 90.1 cm³/mol. The lowest BCUT2D eigenvalue weighted by molar-refractivity contribution is -0.277. The van der Waals surface area contributed by atoms with Crippen molar-refractivity contribution in [1.82, 2.24) is 0 Å². The normalized spacial score (nSPS) is 29.0. The van der Waals surface area contributed by atoms with Crippen LogP contribution in [0.5, 0.6) is 17.2 Å².